The second-order valence-corrected chi connectivity index (χ2v) is 8.10. The van der Waals surface area contributed by atoms with E-state index in [0.29, 0.717) is 11.7 Å². The van der Waals surface area contributed by atoms with E-state index in [1.54, 1.807) is 6.07 Å². The van der Waals surface area contributed by atoms with E-state index in [2.05, 4.69) is 43.6 Å². The minimum Gasteiger partial charge on any atom is -0.507 e. The number of hydrogen-bond acceptors (Lipinski definition) is 7. The highest BCUT2D eigenvalue weighted by Gasteiger charge is 2.43. The van der Waals surface area contributed by atoms with Gasteiger partial charge < -0.3 is 20.6 Å². The molecule has 7 nitrogen and oxygen atoms in total. The minimum absolute atomic E-state index is 0.0207. The van der Waals surface area contributed by atoms with Gasteiger partial charge in [0.2, 0.25) is 0 Å². The Bertz CT molecular complexity index is 852. The van der Waals surface area contributed by atoms with Gasteiger partial charge in [0.05, 0.1) is 16.9 Å². The molecule has 1 aromatic heterocycles. The van der Waals surface area contributed by atoms with E-state index in [9.17, 15) is 5.11 Å². The summed E-state index contributed by atoms with van der Waals surface area (Å²) in [5, 5.41) is 25.9. The molecule has 5 rings (SSSR count). The van der Waals surface area contributed by atoms with E-state index in [-0.39, 0.29) is 11.3 Å². The Hall–Kier alpha value is -2.38. The zero-order valence-corrected chi connectivity index (χ0v) is 15.6. The van der Waals surface area contributed by atoms with Gasteiger partial charge in [-0.1, -0.05) is 12.1 Å². The molecule has 2 atom stereocenters. The maximum absolute atomic E-state index is 10.2. The van der Waals surface area contributed by atoms with Crippen LogP contribution in [0.4, 0.5) is 11.5 Å². The molecule has 0 radical (unpaired) electrons. The lowest BCUT2D eigenvalue weighted by Gasteiger charge is -2.54. The summed E-state index contributed by atoms with van der Waals surface area (Å²) in [4.78, 5) is 5.12. The topological polar surface area (TPSA) is 76.6 Å². The number of para-hydroxylation sites is 1. The van der Waals surface area contributed by atoms with Gasteiger partial charge in [-0.25, -0.2) is 0 Å². The van der Waals surface area contributed by atoms with Crippen LogP contribution in [0.3, 0.4) is 0 Å². The molecule has 3 aliphatic rings. The average Bonchev–Trinajstić information content (AvgIpc) is 3.22. The van der Waals surface area contributed by atoms with Crippen LogP contribution in [0.1, 0.15) is 13.3 Å². The summed E-state index contributed by atoms with van der Waals surface area (Å²) >= 11 is 0. The van der Waals surface area contributed by atoms with E-state index in [1.807, 2.05) is 18.2 Å². The summed E-state index contributed by atoms with van der Waals surface area (Å²) in [5.74, 6) is 1.07. The van der Waals surface area contributed by atoms with Gasteiger partial charge in [0, 0.05) is 44.3 Å². The zero-order valence-electron chi connectivity index (χ0n) is 15.6. The van der Waals surface area contributed by atoms with Crippen molar-refractivity contribution in [3.8, 4) is 17.0 Å². The first-order chi connectivity index (χ1) is 13.1. The maximum Gasteiger partial charge on any atom is 0.172 e. The van der Waals surface area contributed by atoms with Gasteiger partial charge >= 0.3 is 0 Å². The molecule has 2 aromatic rings. The van der Waals surface area contributed by atoms with Crippen molar-refractivity contribution in [2.24, 2.45) is 0 Å². The summed E-state index contributed by atoms with van der Waals surface area (Å²) in [6.45, 7) is 8.51. The minimum atomic E-state index is 0.0207. The molecule has 3 N–H and O–H groups in total. The summed E-state index contributed by atoms with van der Waals surface area (Å²) < 4.78 is 0. The van der Waals surface area contributed by atoms with Crippen molar-refractivity contribution in [2.45, 2.75) is 24.9 Å². The number of nitrogens with zero attached hydrogens (tertiary/aromatic N) is 4. The number of fused-ring (bicyclic) bond motifs is 3. The van der Waals surface area contributed by atoms with Gasteiger partial charge in [0.15, 0.2) is 5.82 Å². The fourth-order valence-corrected chi connectivity index (χ4v) is 4.74. The van der Waals surface area contributed by atoms with Gasteiger partial charge in [-0.15, -0.1) is 10.2 Å². The van der Waals surface area contributed by atoms with Gasteiger partial charge in [0.25, 0.3) is 0 Å². The number of piperazine rings is 1. The first kappa shape index (κ1) is 16.8. The predicted molar refractivity (Wildman–Crippen MR) is 106 cm³/mol. The molecule has 0 amide bonds. The van der Waals surface area contributed by atoms with Crippen LogP contribution in [0.25, 0.3) is 11.3 Å². The van der Waals surface area contributed by atoms with Crippen molar-refractivity contribution in [1.82, 2.24) is 20.4 Å². The van der Waals surface area contributed by atoms with E-state index < -0.39 is 0 Å². The smallest absolute Gasteiger partial charge is 0.172 e. The first-order valence-corrected chi connectivity index (χ1v) is 9.76. The van der Waals surface area contributed by atoms with Gasteiger partial charge in [-0.2, -0.15) is 0 Å². The molecule has 3 aliphatic heterocycles. The Morgan fingerprint density at radius 2 is 2.11 bits per heavy atom. The van der Waals surface area contributed by atoms with Crippen LogP contribution in [-0.2, 0) is 0 Å². The number of hydrogen-bond donors (Lipinski definition) is 3. The highest BCUT2D eigenvalue weighted by Crippen LogP contribution is 2.40. The SMILES string of the molecule is CC12CNc3nnc(-c4ccccc4O)cc3N1CCN(C1CCNC1)C2. The lowest BCUT2D eigenvalue weighted by Crippen LogP contribution is -2.67. The van der Waals surface area contributed by atoms with Crippen LogP contribution in [0.2, 0.25) is 0 Å². The molecule has 2 saturated heterocycles. The van der Waals surface area contributed by atoms with E-state index in [0.717, 1.165) is 56.3 Å². The van der Waals surface area contributed by atoms with Crippen LogP contribution in [0, 0.1) is 0 Å². The number of aromatic nitrogens is 2. The van der Waals surface area contributed by atoms with Gasteiger partial charge in [0.1, 0.15) is 5.75 Å². The molecule has 4 heterocycles. The predicted octanol–water partition coefficient (Wildman–Crippen LogP) is 1.52. The van der Waals surface area contributed by atoms with Crippen LogP contribution in [0.15, 0.2) is 30.3 Å². The number of phenolic OH excluding ortho intramolecular Hbond substituents is 1. The van der Waals surface area contributed by atoms with Crippen LogP contribution < -0.4 is 15.5 Å². The molecule has 0 bridgehead atoms. The lowest BCUT2D eigenvalue weighted by molar-refractivity contribution is 0.134. The number of benzene rings is 1. The quantitative estimate of drug-likeness (QED) is 0.744. The van der Waals surface area contributed by atoms with Crippen LogP contribution >= 0.6 is 0 Å². The monoisotopic (exact) mass is 366 g/mol. The largest absolute Gasteiger partial charge is 0.507 e. The Morgan fingerprint density at radius 1 is 1.22 bits per heavy atom. The fraction of sp³-hybridized carbons (Fsp3) is 0.500. The molecule has 7 heteroatoms. The molecule has 142 valence electrons. The molecule has 1 aromatic carbocycles. The average molecular weight is 366 g/mol. The Morgan fingerprint density at radius 3 is 2.93 bits per heavy atom. The summed E-state index contributed by atoms with van der Waals surface area (Å²) in [5.41, 5.74) is 2.53. The maximum atomic E-state index is 10.2. The van der Waals surface area contributed by atoms with E-state index >= 15 is 0 Å². The highest BCUT2D eigenvalue weighted by molar-refractivity contribution is 5.77. The Balaban J connectivity index is 1.47. The highest BCUT2D eigenvalue weighted by atomic mass is 16.3. The Labute approximate surface area is 159 Å². The van der Waals surface area contributed by atoms with E-state index in [4.69, 9.17) is 0 Å². The first-order valence-electron chi connectivity index (χ1n) is 9.76. The summed E-state index contributed by atoms with van der Waals surface area (Å²) in [7, 11) is 0. The van der Waals surface area contributed by atoms with Crippen molar-refractivity contribution in [1.29, 1.82) is 0 Å². The normalized spacial score (nSPS) is 27.7. The molecule has 0 saturated carbocycles. The zero-order chi connectivity index (χ0) is 18.4. The molecule has 0 spiro atoms. The van der Waals surface area contributed by atoms with Gasteiger partial charge in [-0.3, -0.25) is 4.90 Å². The van der Waals surface area contributed by atoms with Crippen molar-refractivity contribution < 1.29 is 5.11 Å². The van der Waals surface area contributed by atoms with E-state index in [1.165, 1.54) is 6.42 Å². The Kier molecular flexibility index (Phi) is 3.94. The second kappa shape index (κ2) is 6.35. The number of phenols is 1. The number of rotatable bonds is 2. The summed E-state index contributed by atoms with van der Waals surface area (Å²) in [6, 6.07) is 10.0. The van der Waals surface area contributed by atoms with Crippen LogP contribution in [0.5, 0.6) is 5.75 Å². The third kappa shape index (κ3) is 2.82. The third-order valence-electron chi connectivity index (χ3n) is 6.24. The van der Waals surface area contributed by atoms with Gasteiger partial charge in [-0.05, 0) is 38.1 Å². The van der Waals surface area contributed by atoms with Crippen LogP contribution in [-0.4, -0.2) is 71.1 Å². The fourth-order valence-electron chi connectivity index (χ4n) is 4.74. The standard InChI is InChI=1S/C20H26N6O/c1-20-12-22-19-17(10-16(23-24-19)15-4-2-3-5-18(15)27)26(20)9-8-25(13-20)14-6-7-21-11-14/h2-5,10,14,21,27H,6-9,11-13H2,1H3,(H,22,24). The third-order valence-corrected chi connectivity index (χ3v) is 6.24. The molecule has 27 heavy (non-hydrogen) atoms. The van der Waals surface area contributed by atoms with Crippen molar-refractivity contribution in [3.05, 3.63) is 30.3 Å². The number of aromatic hydroxyl groups is 1. The van der Waals surface area contributed by atoms with Crippen molar-refractivity contribution >= 4 is 11.5 Å². The van der Waals surface area contributed by atoms with Crippen molar-refractivity contribution in [3.63, 3.8) is 0 Å². The molecular formula is C20H26N6O. The second-order valence-electron chi connectivity index (χ2n) is 8.10. The molecule has 2 fully saturated rings. The molecular weight excluding hydrogens is 340 g/mol. The molecule has 0 aliphatic carbocycles. The lowest BCUT2D eigenvalue weighted by atomic mass is 9.91. The molecule has 2 unspecified atom stereocenters. The summed E-state index contributed by atoms with van der Waals surface area (Å²) in [6.07, 6.45) is 1.24. The number of anilines is 2. The van der Waals surface area contributed by atoms with Crippen molar-refractivity contribution in [2.75, 3.05) is 49.5 Å². The number of nitrogens with one attached hydrogen (secondary N) is 2.